The highest BCUT2D eigenvalue weighted by atomic mass is 127. The summed E-state index contributed by atoms with van der Waals surface area (Å²) in [7, 11) is 0. The van der Waals surface area contributed by atoms with Crippen LogP contribution in [0.5, 0.6) is 0 Å². The van der Waals surface area contributed by atoms with E-state index in [2.05, 4.69) is 83.3 Å². The summed E-state index contributed by atoms with van der Waals surface area (Å²) in [6, 6.07) is 10.6. The smallest absolute Gasteiger partial charge is 0.00663 e. The van der Waals surface area contributed by atoms with Gasteiger partial charge >= 0.3 is 0 Å². The lowest BCUT2D eigenvalue weighted by Crippen LogP contribution is -2.06. The van der Waals surface area contributed by atoms with Crippen molar-refractivity contribution in [2.24, 2.45) is 5.92 Å². The van der Waals surface area contributed by atoms with Crippen molar-refractivity contribution in [2.45, 2.75) is 6.42 Å². The van der Waals surface area contributed by atoms with Gasteiger partial charge in [0, 0.05) is 5.92 Å². The number of allylic oxidation sites excluding steroid dienone is 8. The van der Waals surface area contributed by atoms with E-state index < -0.39 is 0 Å². The summed E-state index contributed by atoms with van der Waals surface area (Å²) in [5.74, 6) is 0.583. The molecule has 1 aromatic rings. The number of fused-ring (bicyclic) bond motifs is 1. The Balaban J connectivity index is 1.98. The van der Waals surface area contributed by atoms with E-state index in [-0.39, 0.29) is 0 Å². The first-order valence-electron chi connectivity index (χ1n) is 5.84. The van der Waals surface area contributed by atoms with E-state index in [1.165, 1.54) is 20.3 Å². The van der Waals surface area contributed by atoms with E-state index >= 15 is 0 Å². The summed E-state index contributed by atoms with van der Waals surface area (Å²) >= 11 is 2.42. The third-order valence-electron chi connectivity index (χ3n) is 3.24. The minimum atomic E-state index is 0.583. The van der Waals surface area contributed by atoms with Gasteiger partial charge in [0.1, 0.15) is 0 Å². The molecule has 1 unspecified atom stereocenters. The molecule has 3 rings (SSSR count). The first-order valence-corrected chi connectivity index (χ1v) is 6.92. The van der Waals surface area contributed by atoms with Crippen molar-refractivity contribution in [1.29, 1.82) is 0 Å². The molecule has 2 aliphatic rings. The Morgan fingerprint density at radius 3 is 2.71 bits per heavy atom. The fourth-order valence-corrected chi connectivity index (χ4v) is 2.95. The van der Waals surface area contributed by atoms with Crippen LogP contribution in [0.1, 0.15) is 12.0 Å². The van der Waals surface area contributed by atoms with Gasteiger partial charge in [-0.2, -0.15) is 0 Å². The van der Waals surface area contributed by atoms with Gasteiger partial charge in [0.15, 0.2) is 0 Å². The molecular formula is C16H13I. The molecule has 17 heavy (non-hydrogen) atoms. The monoisotopic (exact) mass is 332 g/mol. The first kappa shape index (κ1) is 11.0. The van der Waals surface area contributed by atoms with E-state index in [0.29, 0.717) is 5.92 Å². The molecule has 0 amide bonds. The molecule has 0 saturated heterocycles. The summed E-state index contributed by atoms with van der Waals surface area (Å²) in [4.78, 5) is 0. The maximum Gasteiger partial charge on any atom is 0.00663 e. The molecule has 0 N–H and O–H groups in total. The van der Waals surface area contributed by atoms with Crippen molar-refractivity contribution in [3.8, 4) is 0 Å². The van der Waals surface area contributed by atoms with Gasteiger partial charge in [-0.25, -0.2) is 0 Å². The van der Waals surface area contributed by atoms with Crippen LogP contribution in [0.3, 0.4) is 0 Å². The van der Waals surface area contributed by atoms with Gasteiger partial charge < -0.3 is 0 Å². The molecule has 0 nitrogen and oxygen atoms in total. The SMILES string of the molecule is IC1=CC=C2C=C(c3ccccc3)C=CC2C1. The number of halogens is 1. The third kappa shape index (κ3) is 2.29. The van der Waals surface area contributed by atoms with Crippen molar-refractivity contribution in [3.63, 3.8) is 0 Å². The standard InChI is InChI=1S/C16H13I/c17-16-9-8-14-10-13(6-7-15(14)11-16)12-4-2-1-3-5-12/h1-10,15H,11H2. The molecule has 1 aromatic carbocycles. The summed E-state index contributed by atoms with van der Waals surface area (Å²) in [5.41, 5.74) is 4.05. The van der Waals surface area contributed by atoms with Gasteiger partial charge in [0.2, 0.25) is 0 Å². The summed E-state index contributed by atoms with van der Waals surface area (Å²) in [6.45, 7) is 0. The summed E-state index contributed by atoms with van der Waals surface area (Å²) in [5, 5.41) is 0. The molecule has 0 bridgehead atoms. The zero-order chi connectivity index (χ0) is 11.7. The maximum absolute atomic E-state index is 2.42. The minimum absolute atomic E-state index is 0.583. The highest BCUT2D eigenvalue weighted by Crippen LogP contribution is 2.35. The molecule has 0 fully saturated rings. The lowest BCUT2D eigenvalue weighted by Gasteiger charge is -2.22. The van der Waals surface area contributed by atoms with Gasteiger partial charge in [0.05, 0.1) is 0 Å². The second kappa shape index (κ2) is 4.65. The van der Waals surface area contributed by atoms with E-state index in [4.69, 9.17) is 0 Å². The lowest BCUT2D eigenvalue weighted by atomic mass is 9.84. The van der Waals surface area contributed by atoms with E-state index in [9.17, 15) is 0 Å². The molecule has 0 heterocycles. The molecular weight excluding hydrogens is 319 g/mol. The average Bonchev–Trinajstić information content (AvgIpc) is 2.39. The Labute approximate surface area is 116 Å². The van der Waals surface area contributed by atoms with Crippen LogP contribution in [0.25, 0.3) is 5.57 Å². The van der Waals surface area contributed by atoms with Crippen molar-refractivity contribution in [1.82, 2.24) is 0 Å². The predicted octanol–water partition coefficient (Wildman–Crippen LogP) is 4.91. The lowest BCUT2D eigenvalue weighted by molar-refractivity contribution is 0.778. The Morgan fingerprint density at radius 2 is 1.88 bits per heavy atom. The van der Waals surface area contributed by atoms with Gasteiger partial charge in [-0.15, -0.1) is 0 Å². The van der Waals surface area contributed by atoms with Gasteiger partial charge in [-0.05, 0) is 49.3 Å². The van der Waals surface area contributed by atoms with Crippen LogP contribution in [0, 0.1) is 5.92 Å². The van der Waals surface area contributed by atoms with E-state index in [0.717, 1.165) is 6.42 Å². The Bertz CT molecular complexity index is 544. The predicted molar refractivity (Wildman–Crippen MR) is 81.9 cm³/mol. The fraction of sp³-hybridized carbons (Fsp3) is 0.125. The molecule has 0 aromatic heterocycles. The minimum Gasteiger partial charge on any atom is -0.0760 e. The number of benzene rings is 1. The third-order valence-corrected chi connectivity index (χ3v) is 4.04. The van der Waals surface area contributed by atoms with Crippen molar-refractivity contribution in [2.75, 3.05) is 0 Å². The molecule has 0 aliphatic heterocycles. The second-order valence-electron chi connectivity index (χ2n) is 4.42. The number of hydrogen-bond donors (Lipinski definition) is 0. The molecule has 1 heteroatoms. The Kier molecular flexibility index (Phi) is 3.02. The van der Waals surface area contributed by atoms with Crippen LogP contribution in [0.2, 0.25) is 0 Å². The highest BCUT2D eigenvalue weighted by molar-refractivity contribution is 14.1. The zero-order valence-corrected chi connectivity index (χ0v) is 11.6. The summed E-state index contributed by atoms with van der Waals surface area (Å²) in [6.07, 6.45) is 12.5. The highest BCUT2D eigenvalue weighted by Gasteiger charge is 2.17. The quantitative estimate of drug-likeness (QED) is 0.642. The van der Waals surface area contributed by atoms with Crippen LogP contribution in [0.15, 0.2) is 69.9 Å². The van der Waals surface area contributed by atoms with Crippen LogP contribution >= 0.6 is 22.6 Å². The van der Waals surface area contributed by atoms with Gasteiger partial charge in [-0.3, -0.25) is 0 Å². The average molecular weight is 332 g/mol. The first-order chi connectivity index (χ1) is 8.33. The summed E-state index contributed by atoms with van der Waals surface area (Å²) < 4.78 is 1.44. The second-order valence-corrected chi connectivity index (χ2v) is 5.80. The van der Waals surface area contributed by atoms with E-state index in [1.807, 2.05) is 0 Å². The van der Waals surface area contributed by atoms with Gasteiger partial charge in [0.25, 0.3) is 0 Å². The molecule has 0 radical (unpaired) electrons. The molecule has 84 valence electrons. The largest absolute Gasteiger partial charge is 0.0760 e. The Morgan fingerprint density at radius 1 is 1.06 bits per heavy atom. The van der Waals surface area contributed by atoms with Gasteiger partial charge in [-0.1, -0.05) is 60.7 Å². The van der Waals surface area contributed by atoms with E-state index in [1.54, 1.807) is 0 Å². The number of hydrogen-bond acceptors (Lipinski definition) is 0. The van der Waals surface area contributed by atoms with Crippen LogP contribution in [-0.4, -0.2) is 0 Å². The molecule has 2 aliphatic carbocycles. The zero-order valence-electron chi connectivity index (χ0n) is 9.44. The van der Waals surface area contributed by atoms with Crippen molar-refractivity contribution >= 4 is 28.2 Å². The maximum atomic E-state index is 2.42. The van der Waals surface area contributed by atoms with Crippen LogP contribution in [-0.2, 0) is 0 Å². The van der Waals surface area contributed by atoms with Crippen LogP contribution < -0.4 is 0 Å². The topological polar surface area (TPSA) is 0 Å². The fourth-order valence-electron chi connectivity index (χ4n) is 2.30. The number of rotatable bonds is 1. The molecule has 1 atom stereocenters. The normalized spacial score (nSPS) is 22.4. The van der Waals surface area contributed by atoms with Crippen molar-refractivity contribution < 1.29 is 0 Å². The van der Waals surface area contributed by atoms with Crippen molar-refractivity contribution in [3.05, 3.63) is 75.4 Å². The molecule has 0 spiro atoms. The Hall–Kier alpha value is -1.09. The van der Waals surface area contributed by atoms with Crippen LogP contribution in [0.4, 0.5) is 0 Å². The molecule has 0 saturated carbocycles.